The van der Waals surface area contributed by atoms with Gasteiger partial charge in [0.2, 0.25) is 0 Å². The van der Waals surface area contributed by atoms with E-state index in [1.807, 2.05) is 12.1 Å². The van der Waals surface area contributed by atoms with Crippen LogP contribution in [0.25, 0.3) is 0 Å². The van der Waals surface area contributed by atoms with Gasteiger partial charge in [-0.05, 0) is 139 Å². The van der Waals surface area contributed by atoms with Gasteiger partial charge in [-0.25, -0.2) is 0 Å². The highest BCUT2D eigenvalue weighted by Crippen LogP contribution is 2.67. The smallest absolute Gasteiger partial charge is 0.0367 e. The number of hydrogen-bond acceptors (Lipinski definition) is 4. The molecule has 1 aromatic rings. The van der Waals surface area contributed by atoms with Crippen molar-refractivity contribution in [1.82, 2.24) is 0 Å². The molecule has 244 valence electrons. The van der Waals surface area contributed by atoms with E-state index in [9.17, 15) is 0 Å². The van der Waals surface area contributed by atoms with Crippen LogP contribution >= 0.6 is 0 Å². The summed E-state index contributed by atoms with van der Waals surface area (Å²) in [6.45, 7) is 19.6. The fraction of sp³-hybridized carbons (Fsp3) is 0.650. The molecule has 4 aliphatic carbocycles. The summed E-state index contributed by atoms with van der Waals surface area (Å²) in [7, 11) is 0. The number of anilines is 2. The van der Waals surface area contributed by atoms with E-state index in [1.165, 1.54) is 75.8 Å². The van der Waals surface area contributed by atoms with Crippen molar-refractivity contribution in [1.29, 1.82) is 0 Å². The van der Waals surface area contributed by atoms with Crippen molar-refractivity contribution in [3.05, 3.63) is 72.6 Å². The number of fused-ring (bicyclic) bond motifs is 5. The van der Waals surface area contributed by atoms with Crippen LogP contribution in [0.5, 0.6) is 0 Å². The molecule has 0 aliphatic heterocycles. The molecular weight excluding hydrogens is 536 g/mol. The van der Waals surface area contributed by atoms with Gasteiger partial charge >= 0.3 is 0 Å². The van der Waals surface area contributed by atoms with Crippen molar-refractivity contribution in [2.45, 2.75) is 105 Å². The summed E-state index contributed by atoms with van der Waals surface area (Å²) in [5, 5.41) is 0. The van der Waals surface area contributed by atoms with Gasteiger partial charge in [-0.1, -0.05) is 85.3 Å². The Morgan fingerprint density at radius 2 is 1.66 bits per heavy atom. The van der Waals surface area contributed by atoms with Crippen LogP contribution in [0.2, 0.25) is 0 Å². The second kappa shape index (κ2) is 14.2. The average molecular weight is 601 g/mol. The van der Waals surface area contributed by atoms with E-state index in [2.05, 4.69) is 66.0 Å². The fourth-order valence-electron chi connectivity index (χ4n) is 10.3. The number of nitrogen functional groups attached to an aromatic ring is 2. The van der Waals surface area contributed by atoms with Gasteiger partial charge in [0.15, 0.2) is 0 Å². The molecule has 3 fully saturated rings. The Labute approximate surface area is 269 Å². The Hall–Kier alpha value is -2.62. The van der Waals surface area contributed by atoms with Gasteiger partial charge in [-0.2, -0.15) is 0 Å². The maximum absolute atomic E-state index is 6.32. The Balaban J connectivity index is 0.000000488. The molecule has 0 heterocycles. The van der Waals surface area contributed by atoms with Crippen LogP contribution in [-0.4, -0.2) is 0 Å². The lowest BCUT2D eigenvalue weighted by molar-refractivity contribution is -0.0712. The van der Waals surface area contributed by atoms with Crippen LogP contribution in [-0.2, 0) is 6.42 Å². The summed E-state index contributed by atoms with van der Waals surface area (Å²) in [6.07, 6.45) is 23.8. The third kappa shape index (κ3) is 7.43. The van der Waals surface area contributed by atoms with Crippen LogP contribution in [0, 0.1) is 58.2 Å². The van der Waals surface area contributed by atoms with Crippen LogP contribution < -0.4 is 22.9 Å². The van der Waals surface area contributed by atoms with Gasteiger partial charge < -0.3 is 22.9 Å². The Morgan fingerprint density at radius 1 is 0.955 bits per heavy atom. The zero-order chi connectivity index (χ0) is 32.2. The zero-order valence-corrected chi connectivity index (χ0v) is 28.7. The maximum atomic E-state index is 6.32. The molecule has 0 spiro atoms. The zero-order valence-electron chi connectivity index (χ0n) is 28.7. The number of nitrogens with two attached hydrogens (primary N) is 4. The van der Waals surface area contributed by atoms with Crippen LogP contribution in [0.1, 0.15) is 104 Å². The Morgan fingerprint density at radius 3 is 2.30 bits per heavy atom. The van der Waals surface area contributed by atoms with Gasteiger partial charge in [0.1, 0.15) is 0 Å². The first-order valence-corrected chi connectivity index (χ1v) is 17.6. The molecule has 5 rings (SSSR count). The van der Waals surface area contributed by atoms with Crippen molar-refractivity contribution >= 4 is 11.4 Å². The summed E-state index contributed by atoms with van der Waals surface area (Å²) in [6, 6.07) is 6.11. The highest BCUT2D eigenvalue weighted by atomic mass is 14.6. The molecule has 0 aromatic heterocycles. The molecule has 9 unspecified atom stereocenters. The van der Waals surface area contributed by atoms with Crippen molar-refractivity contribution in [2.24, 2.45) is 69.6 Å². The molecular formula is C40H64N4. The summed E-state index contributed by atoms with van der Waals surface area (Å²) in [5.74, 6) is 6.79. The van der Waals surface area contributed by atoms with Crippen molar-refractivity contribution < 1.29 is 0 Å². The van der Waals surface area contributed by atoms with Gasteiger partial charge in [0.05, 0.1) is 0 Å². The van der Waals surface area contributed by atoms with Crippen LogP contribution in [0.4, 0.5) is 11.4 Å². The topological polar surface area (TPSA) is 104 Å². The average Bonchev–Trinajstić information content (AvgIpc) is 3.31. The number of rotatable bonds is 9. The monoisotopic (exact) mass is 601 g/mol. The van der Waals surface area contributed by atoms with E-state index in [0.29, 0.717) is 22.2 Å². The first-order valence-electron chi connectivity index (χ1n) is 17.6. The lowest BCUT2D eigenvalue weighted by Gasteiger charge is -2.59. The second-order valence-corrected chi connectivity index (χ2v) is 16.0. The van der Waals surface area contributed by atoms with Crippen molar-refractivity contribution in [2.75, 3.05) is 11.5 Å². The summed E-state index contributed by atoms with van der Waals surface area (Å²) in [5.41, 5.74) is 27.7. The summed E-state index contributed by atoms with van der Waals surface area (Å²) in [4.78, 5) is 0. The predicted octanol–water partition coefficient (Wildman–Crippen LogP) is 9.39. The fourth-order valence-corrected chi connectivity index (χ4v) is 10.3. The van der Waals surface area contributed by atoms with Crippen molar-refractivity contribution in [3.63, 3.8) is 0 Å². The second-order valence-electron chi connectivity index (χ2n) is 16.0. The van der Waals surface area contributed by atoms with Crippen LogP contribution in [0.3, 0.4) is 0 Å². The molecule has 4 aliphatic rings. The first-order chi connectivity index (χ1) is 20.8. The molecule has 8 N–H and O–H groups in total. The molecule has 1 aromatic carbocycles. The van der Waals surface area contributed by atoms with Gasteiger partial charge in [0.25, 0.3) is 0 Å². The first kappa shape index (κ1) is 34.3. The minimum absolute atomic E-state index is 0.447. The molecule has 0 radical (unpaired) electrons. The molecule has 0 amide bonds. The predicted molar refractivity (Wildman–Crippen MR) is 191 cm³/mol. The largest absolute Gasteiger partial charge is 0.399 e. The summed E-state index contributed by atoms with van der Waals surface area (Å²) < 4.78 is 0. The molecule has 4 heteroatoms. The molecule has 3 saturated carbocycles. The van der Waals surface area contributed by atoms with Crippen LogP contribution in [0.15, 0.2) is 67.1 Å². The number of hydrogen-bond donors (Lipinski definition) is 4. The normalized spacial score (nSPS) is 35.1. The third-order valence-corrected chi connectivity index (χ3v) is 12.7. The standard InChI is InChI=1S/C34H54N2.C6H10N2/c1-22(2)7-6-8-23(3)29-13-14-30-28-12-10-26-20-24(19-25-9-11-27(35)21-32(25)36)15-17-33(26,4)31(28)16-18-34(29,30)5;1-3-6(8)4-5(2)7/h9-12,21-24,26,28-31H,6-8,13-20,35-36H2,1-5H3;3-4H,1-2,7-8H2/b;6-4+. The van der Waals surface area contributed by atoms with Gasteiger partial charge in [-0.3, -0.25) is 0 Å². The van der Waals surface area contributed by atoms with E-state index in [1.54, 1.807) is 6.08 Å². The Kier molecular flexibility index (Phi) is 11.1. The molecule has 0 bridgehead atoms. The van der Waals surface area contributed by atoms with E-state index in [-0.39, 0.29) is 0 Å². The minimum Gasteiger partial charge on any atom is -0.399 e. The molecule has 44 heavy (non-hydrogen) atoms. The van der Waals surface area contributed by atoms with Crippen molar-refractivity contribution in [3.8, 4) is 0 Å². The molecule has 0 saturated heterocycles. The van der Waals surface area contributed by atoms with E-state index >= 15 is 0 Å². The maximum Gasteiger partial charge on any atom is 0.0367 e. The molecule has 9 atom stereocenters. The SMILES string of the molecule is C=C/C(N)=C\C(=C)N.CC(C)CCCC(C)C1CCC2C3C=CC4CC(Cc5ccc(N)cc5N)CCC4(C)C3CCC12C. The quantitative estimate of drug-likeness (QED) is 0.129. The minimum atomic E-state index is 0.447. The molecule has 4 nitrogen and oxygen atoms in total. The van der Waals surface area contributed by atoms with E-state index in [0.717, 1.165) is 65.1 Å². The lowest BCUT2D eigenvalue weighted by atomic mass is 9.45. The highest BCUT2D eigenvalue weighted by molar-refractivity contribution is 5.56. The third-order valence-electron chi connectivity index (χ3n) is 12.7. The van der Waals surface area contributed by atoms with Gasteiger partial charge in [-0.15, -0.1) is 0 Å². The lowest BCUT2D eigenvalue weighted by Crippen LogP contribution is -2.52. The van der Waals surface area contributed by atoms with E-state index in [4.69, 9.17) is 22.9 Å². The number of allylic oxidation sites excluding steroid dienone is 4. The summed E-state index contributed by atoms with van der Waals surface area (Å²) >= 11 is 0. The highest BCUT2D eigenvalue weighted by Gasteiger charge is 2.59. The number of benzene rings is 1. The van der Waals surface area contributed by atoms with Gasteiger partial charge in [0, 0.05) is 22.8 Å². The Bertz CT molecular complexity index is 1210. The van der Waals surface area contributed by atoms with E-state index < -0.39 is 0 Å².